The Balaban J connectivity index is 2.02. The van der Waals surface area contributed by atoms with Gasteiger partial charge < -0.3 is 10.4 Å². The summed E-state index contributed by atoms with van der Waals surface area (Å²) >= 11 is 0. The molecule has 108 valence electrons. The first kappa shape index (κ1) is 14.5. The fourth-order valence-electron chi connectivity index (χ4n) is 2.33. The van der Waals surface area contributed by atoms with E-state index in [4.69, 9.17) is 0 Å². The van der Waals surface area contributed by atoms with Crippen molar-refractivity contribution in [2.24, 2.45) is 5.92 Å². The van der Waals surface area contributed by atoms with Gasteiger partial charge in [0, 0.05) is 0 Å². The van der Waals surface area contributed by atoms with Gasteiger partial charge in [-0.05, 0) is 17.9 Å². The van der Waals surface area contributed by atoms with Crippen molar-refractivity contribution in [3.8, 4) is 0 Å². The molecule has 0 aromatic heterocycles. The number of benzene rings is 1. The molecule has 1 aliphatic rings. The van der Waals surface area contributed by atoms with E-state index in [1.54, 1.807) is 12.1 Å². The van der Waals surface area contributed by atoms with Crippen LogP contribution in [0.4, 0.5) is 4.79 Å². The molecule has 0 bridgehead atoms. The van der Waals surface area contributed by atoms with Gasteiger partial charge in [0.2, 0.25) is 0 Å². The summed E-state index contributed by atoms with van der Waals surface area (Å²) in [5.74, 6) is 0.0712. The molecule has 0 spiro atoms. The third-order valence-corrected chi connectivity index (χ3v) is 3.35. The van der Waals surface area contributed by atoms with Crippen LogP contribution in [0.3, 0.4) is 0 Å². The second-order valence-electron chi connectivity index (χ2n) is 5.51. The van der Waals surface area contributed by atoms with E-state index in [0.717, 1.165) is 4.90 Å². The van der Waals surface area contributed by atoms with E-state index < -0.39 is 18.2 Å². The van der Waals surface area contributed by atoms with E-state index >= 15 is 0 Å². The highest BCUT2D eigenvalue weighted by atomic mass is 16.3. The predicted octanol–water partition coefficient (Wildman–Crippen LogP) is 1.69. The van der Waals surface area contributed by atoms with Crippen molar-refractivity contribution in [2.45, 2.75) is 32.4 Å². The van der Waals surface area contributed by atoms with Gasteiger partial charge in [-0.25, -0.2) is 4.79 Å². The van der Waals surface area contributed by atoms with Crippen molar-refractivity contribution in [1.29, 1.82) is 0 Å². The largest absolute Gasteiger partial charge is 0.387 e. The number of β-amino-alcohol motifs (C(OH)–C–C–N with tert-alkyl or cyclic N) is 1. The minimum Gasteiger partial charge on any atom is -0.387 e. The van der Waals surface area contributed by atoms with Crippen LogP contribution in [0.5, 0.6) is 0 Å². The maximum absolute atomic E-state index is 12.1. The van der Waals surface area contributed by atoms with Gasteiger partial charge in [0.05, 0.1) is 12.6 Å². The van der Waals surface area contributed by atoms with E-state index in [1.165, 1.54) is 0 Å². The summed E-state index contributed by atoms with van der Waals surface area (Å²) < 4.78 is 0. The van der Waals surface area contributed by atoms with Crippen molar-refractivity contribution in [2.75, 3.05) is 6.54 Å². The first-order chi connectivity index (χ1) is 9.49. The lowest BCUT2D eigenvalue weighted by Gasteiger charge is -2.18. The highest BCUT2D eigenvalue weighted by Crippen LogP contribution is 2.19. The van der Waals surface area contributed by atoms with Gasteiger partial charge in [-0.15, -0.1) is 0 Å². The molecule has 1 saturated heterocycles. The Hall–Kier alpha value is -1.88. The van der Waals surface area contributed by atoms with Crippen molar-refractivity contribution in [3.63, 3.8) is 0 Å². The molecule has 1 heterocycles. The molecule has 0 radical (unpaired) electrons. The zero-order chi connectivity index (χ0) is 14.7. The minimum absolute atomic E-state index is 0.0106. The van der Waals surface area contributed by atoms with Crippen LogP contribution in [0.2, 0.25) is 0 Å². The first-order valence-electron chi connectivity index (χ1n) is 6.84. The number of hydrogen-bond donors (Lipinski definition) is 2. The second-order valence-corrected chi connectivity index (χ2v) is 5.51. The number of carbonyl (C=O) groups is 2. The Bertz CT molecular complexity index is 487. The van der Waals surface area contributed by atoms with E-state index in [9.17, 15) is 14.7 Å². The lowest BCUT2D eigenvalue weighted by Crippen LogP contribution is -2.35. The van der Waals surface area contributed by atoms with Crippen LogP contribution >= 0.6 is 0 Å². The molecule has 2 N–H and O–H groups in total. The number of aliphatic hydroxyl groups excluding tert-OH is 1. The predicted molar refractivity (Wildman–Crippen MR) is 74.9 cm³/mol. The molecule has 1 aliphatic heterocycles. The fraction of sp³-hybridized carbons (Fsp3) is 0.467. The van der Waals surface area contributed by atoms with Gasteiger partial charge in [-0.2, -0.15) is 0 Å². The number of imide groups is 1. The summed E-state index contributed by atoms with van der Waals surface area (Å²) in [4.78, 5) is 25.1. The normalized spacial score (nSPS) is 20.4. The lowest BCUT2D eigenvalue weighted by atomic mass is 10.0. The monoisotopic (exact) mass is 276 g/mol. The molecule has 3 amide bonds. The highest BCUT2D eigenvalue weighted by molar-refractivity contribution is 6.04. The molecule has 0 saturated carbocycles. The Kier molecular flexibility index (Phi) is 4.39. The molecule has 20 heavy (non-hydrogen) atoms. The van der Waals surface area contributed by atoms with Crippen LogP contribution < -0.4 is 5.32 Å². The number of nitrogens with zero attached hydrogens (tertiary/aromatic N) is 1. The topological polar surface area (TPSA) is 69.6 Å². The number of carbonyl (C=O) groups excluding carboxylic acids is 2. The zero-order valence-electron chi connectivity index (χ0n) is 11.7. The Labute approximate surface area is 118 Å². The van der Waals surface area contributed by atoms with E-state index in [2.05, 4.69) is 5.32 Å². The summed E-state index contributed by atoms with van der Waals surface area (Å²) in [7, 11) is 0. The summed E-state index contributed by atoms with van der Waals surface area (Å²) in [5.41, 5.74) is 0.695. The van der Waals surface area contributed by atoms with Gasteiger partial charge in [0.1, 0.15) is 6.04 Å². The number of urea groups is 1. The van der Waals surface area contributed by atoms with Crippen LogP contribution in [-0.2, 0) is 4.79 Å². The van der Waals surface area contributed by atoms with Gasteiger partial charge >= 0.3 is 6.03 Å². The summed E-state index contributed by atoms with van der Waals surface area (Å²) in [5, 5.41) is 12.8. The third kappa shape index (κ3) is 3.17. The maximum Gasteiger partial charge on any atom is 0.324 e. The highest BCUT2D eigenvalue weighted by Gasteiger charge is 2.38. The Morgan fingerprint density at radius 1 is 1.25 bits per heavy atom. The summed E-state index contributed by atoms with van der Waals surface area (Å²) in [6, 6.07) is 8.13. The molecule has 2 rings (SSSR count). The van der Waals surface area contributed by atoms with Crippen molar-refractivity contribution < 1.29 is 14.7 Å². The molecule has 1 fully saturated rings. The number of hydrogen-bond acceptors (Lipinski definition) is 3. The molecule has 2 atom stereocenters. The molecule has 0 aliphatic carbocycles. The maximum atomic E-state index is 12.1. The van der Waals surface area contributed by atoms with Crippen LogP contribution in [0.15, 0.2) is 30.3 Å². The average Bonchev–Trinajstić information content (AvgIpc) is 2.66. The molecular weight excluding hydrogens is 256 g/mol. The van der Waals surface area contributed by atoms with Gasteiger partial charge in [0.25, 0.3) is 5.91 Å². The molecule has 1 aromatic carbocycles. The smallest absolute Gasteiger partial charge is 0.324 e. The number of rotatable bonds is 5. The standard InChI is InChI=1S/C15H20N2O3/c1-10(2)8-12-14(19)17(15(20)16-12)9-13(18)11-6-4-3-5-7-11/h3-7,10,12-13,18H,8-9H2,1-2H3,(H,16,20). The number of nitrogens with one attached hydrogen (secondary N) is 1. The molecule has 2 unspecified atom stereocenters. The van der Waals surface area contributed by atoms with Crippen LogP contribution in [0.1, 0.15) is 31.9 Å². The Morgan fingerprint density at radius 3 is 2.50 bits per heavy atom. The van der Waals surface area contributed by atoms with Crippen molar-refractivity contribution in [1.82, 2.24) is 10.2 Å². The van der Waals surface area contributed by atoms with Crippen molar-refractivity contribution in [3.05, 3.63) is 35.9 Å². The Morgan fingerprint density at radius 2 is 1.90 bits per heavy atom. The van der Waals surface area contributed by atoms with Gasteiger partial charge in [-0.1, -0.05) is 44.2 Å². The molecule has 5 heteroatoms. The van der Waals surface area contributed by atoms with E-state index in [0.29, 0.717) is 17.9 Å². The van der Waals surface area contributed by atoms with Crippen molar-refractivity contribution >= 4 is 11.9 Å². The summed E-state index contributed by atoms with van der Waals surface area (Å²) in [6.45, 7) is 3.99. The zero-order valence-corrected chi connectivity index (χ0v) is 11.7. The SMILES string of the molecule is CC(C)CC1NC(=O)N(CC(O)c2ccccc2)C1=O. The first-order valence-corrected chi connectivity index (χ1v) is 6.84. The summed E-state index contributed by atoms with van der Waals surface area (Å²) in [6.07, 6.45) is -0.244. The number of aliphatic hydroxyl groups is 1. The molecule has 1 aromatic rings. The van der Waals surface area contributed by atoms with Crippen LogP contribution in [0, 0.1) is 5.92 Å². The fourth-order valence-corrected chi connectivity index (χ4v) is 2.33. The van der Waals surface area contributed by atoms with Crippen LogP contribution in [-0.4, -0.2) is 34.5 Å². The molecule has 5 nitrogen and oxygen atoms in total. The molecular formula is C15H20N2O3. The van der Waals surface area contributed by atoms with E-state index in [1.807, 2.05) is 32.0 Å². The minimum atomic E-state index is -0.858. The van der Waals surface area contributed by atoms with Gasteiger partial charge in [0.15, 0.2) is 0 Å². The van der Waals surface area contributed by atoms with Gasteiger partial charge in [-0.3, -0.25) is 9.69 Å². The quantitative estimate of drug-likeness (QED) is 0.804. The lowest BCUT2D eigenvalue weighted by molar-refractivity contribution is -0.128. The van der Waals surface area contributed by atoms with Crippen LogP contribution in [0.25, 0.3) is 0 Å². The third-order valence-electron chi connectivity index (χ3n) is 3.35. The number of amides is 3. The average molecular weight is 276 g/mol. The second kappa shape index (κ2) is 6.05. The van der Waals surface area contributed by atoms with E-state index in [-0.39, 0.29) is 12.5 Å².